The molecule has 0 saturated heterocycles. The van der Waals surface area contributed by atoms with Gasteiger partial charge < -0.3 is 10.1 Å². The third-order valence-corrected chi connectivity index (χ3v) is 4.49. The van der Waals surface area contributed by atoms with Crippen molar-refractivity contribution in [2.75, 3.05) is 7.11 Å². The van der Waals surface area contributed by atoms with Crippen molar-refractivity contribution in [2.24, 2.45) is 0 Å². The van der Waals surface area contributed by atoms with Crippen LogP contribution in [0.1, 0.15) is 35.0 Å². The third-order valence-electron chi connectivity index (χ3n) is 4.49. The van der Waals surface area contributed by atoms with Gasteiger partial charge in [-0.25, -0.2) is 14.8 Å². The summed E-state index contributed by atoms with van der Waals surface area (Å²) in [6.07, 6.45) is 9.07. The maximum Gasteiger partial charge on any atom is 0.407 e. The molecule has 2 aromatic heterocycles. The van der Waals surface area contributed by atoms with Gasteiger partial charge in [-0.3, -0.25) is 4.98 Å². The van der Waals surface area contributed by atoms with Crippen molar-refractivity contribution in [3.63, 3.8) is 0 Å². The highest BCUT2D eigenvalue weighted by Gasteiger charge is 2.07. The zero-order valence-electron chi connectivity index (χ0n) is 17.1. The van der Waals surface area contributed by atoms with Gasteiger partial charge in [-0.05, 0) is 55.2 Å². The first-order valence-electron chi connectivity index (χ1n) is 9.77. The van der Waals surface area contributed by atoms with Crippen LogP contribution < -0.4 is 5.32 Å². The van der Waals surface area contributed by atoms with Gasteiger partial charge in [0.25, 0.3) is 0 Å². The molecule has 0 aliphatic carbocycles. The van der Waals surface area contributed by atoms with E-state index in [1.54, 1.807) is 24.8 Å². The van der Waals surface area contributed by atoms with Gasteiger partial charge in [0, 0.05) is 42.8 Å². The highest BCUT2D eigenvalue weighted by Crippen LogP contribution is 2.07. The summed E-state index contributed by atoms with van der Waals surface area (Å²) < 4.78 is 4.61. The number of amides is 1. The smallest absolute Gasteiger partial charge is 0.407 e. The lowest BCUT2D eigenvalue weighted by Gasteiger charge is -2.12. The van der Waals surface area contributed by atoms with Crippen molar-refractivity contribution >= 4 is 6.09 Å². The number of pyridine rings is 1. The number of carbonyl (C=O) groups excluding carboxylic acids is 1. The maximum absolute atomic E-state index is 11.2. The van der Waals surface area contributed by atoms with E-state index in [1.807, 2.05) is 43.3 Å². The molecule has 6 nitrogen and oxygen atoms in total. The van der Waals surface area contributed by atoms with Gasteiger partial charge in [-0.2, -0.15) is 0 Å². The number of alkyl carbamates (subject to hydrolysis) is 1. The van der Waals surface area contributed by atoms with Gasteiger partial charge >= 0.3 is 6.09 Å². The van der Waals surface area contributed by atoms with Crippen LogP contribution in [0.25, 0.3) is 0 Å². The first-order valence-corrected chi connectivity index (χ1v) is 9.77. The van der Waals surface area contributed by atoms with Crippen LogP contribution in [-0.4, -0.2) is 34.2 Å². The molecule has 3 aromatic rings. The van der Waals surface area contributed by atoms with E-state index >= 15 is 0 Å². The summed E-state index contributed by atoms with van der Waals surface area (Å²) in [5.74, 6) is 7.03. The Bertz CT molecular complexity index is 1010. The molecule has 1 N–H and O–H groups in total. The van der Waals surface area contributed by atoms with E-state index in [9.17, 15) is 4.79 Å². The monoisotopic (exact) mass is 400 g/mol. The van der Waals surface area contributed by atoms with Crippen LogP contribution in [-0.2, 0) is 24.0 Å². The minimum absolute atomic E-state index is 0.0106. The second kappa shape index (κ2) is 10.7. The molecule has 1 aromatic carbocycles. The SMILES string of the molecule is COC(=O)NC(C)Cc1ccc(C#Cc2cnc(CCc3ccncc3)nc2)cc1. The second-order valence-corrected chi connectivity index (χ2v) is 6.93. The molecule has 0 aliphatic heterocycles. The molecule has 6 heteroatoms. The van der Waals surface area contributed by atoms with Crippen molar-refractivity contribution < 1.29 is 9.53 Å². The summed E-state index contributed by atoms with van der Waals surface area (Å²) in [5.41, 5.74) is 4.03. The van der Waals surface area contributed by atoms with E-state index in [1.165, 1.54) is 12.7 Å². The third kappa shape index (κ3) is 6.71. The van der Waals surface area contributed by atoms with Gasteiger partial charge in [0.05, 0.1) is 12.7 Å². The van der Waals surface area contributed by atoms with Crippen LogP contribution in [0.2, 0.25) is 0 Å². The molecular formula is C24H24N4O2. The maximum atomic E-state index is 11.2. The molecule has 0 aliphatic rings. The number of rotatable bonds is 6. The molecule has 152 valence electrons. The first-order chi connectivity index (χ1) is 14.6. The Morgan fingerprint density at radius 1 is 0.967 bits per heavy atom. The van der Waals surface area contributed by atoms with Crippen LogP contribution in [0.5, 0.6) is 0 Å². The Balaban J connectivity index is 1.53. The predicted molar refractivity (Wildman–Crippen MR) is 115 cm³/mol. The fourth-order valence-corrected chi connectivity index (χ4v) is 2.89. The highest BCUT2D eigenvalue weighted by molar-refractivity contribution is 5.67. The molecule has 2 heterocycles. The van der Waals surface area contributed by atoms with Crippen LogP contribution in [0.4, 0.5) is 4.79 Å². The topological polar surface area (TPSA) is 77.0 Å². The first kappa shape index (κ1) is 21.0. The molecular weight excluding hydrogens is 376 g/mol. The Labute approximate surface area is 176 Å². The lowest BCUT2D eigenvalue weighted by molar-refractivity contribution is 0.167. The number of carbonyl (C=O) groups is 1. The van der Waals surface area contributed by atoms with Crippen LogP contribution >= 0.6 is 0 Å². The fourth-order valence-electron chi connectivity index (χ4n) is 2.89. The van der Waals surface area contributed by atoms with Crippen LogP contribution in [0.15, 0.2) is 61.2 Å². The zero-order valence-corrected chi connectivity index (χ0v) is 17.1. The van der Waals surface area contributed by atoms with Gasteiger partial charge in [0.2, 0.25) is 0 Å². The zero-order chi connectivity index (χ0) is 21.2. The molecule has 0 fully saturated rings. The van der Waals surface area contributed by atoms with E-state index in [4.69, 9.17) is 0 Å². The van der Waals surface area contributed by atoms with E-state index in [-0.39, 0.29) is 6.04 Å². The van der Waals surface area contributed by atoms with Crippen molar-refractivity contribution in [1.29, 1.82) is 0 Å². The van der Waals surface area contributed by atoms with E-state index in [0.717, 1.165) is 41.8 Å². The number of aryl methyl sites for hydroxylation is 2. The normalized spacial score (nSPS) is 11.1. The van der Waals surface area contributed by atoms with Gasteiger partial charge in [0.1, 0.15) is 5.82 Å². The van der Waals surface area contributed by atoms with Crippen LogP contribution in [0, 0.1) is 11.8 Å². The number of aromatic nitrogens is 3. The molecule has 30 heavy (non-hydrogen) atoms. The minimum atomic E-state index is -0.421. The number of benzene rings is 1. The summed E-state index contributed by atoms with van der Waals surface area (Å²) in [7, 11) is 1.36. The van der Waals surface area contributed by atoms with Crippen molar-refractivity contribution in [2.45, 2.75) is 32.2 Å². The summed E-state index contributed by atoms with van der Waals surface area (Å²) in [5, 5.41) is 2.76. The van der Waals surface area contributed by atoms with Crippen molar-refractivity contribution in [3.8, 4) is 11.8 Å². The molecule has 1 amide bonds. The Kier molecular flexibility index (Phi) is 7.51. The van der Waals surface area contributed by atoms with E-state index in [2.05, 4.69) is 36.8 Å². The molecule has 0 spiro atoms. The molecule has 0 bridgehead atoms. The molecule has 1 atom stereocenters. The number of nitrogens with zero attached hydrogens (tertiary/aromatic N) is 3. The van der Waals surface area contributed by atoms with E-state index in [0.29, 0.717) is 0 Å². The molecule has 0 radical (unpaired) electrons. The Morgan fingerprint density at radius 3 is 2.30 bits per heavy atom. The van der Waals surface area contributed by atoms with Crippen molar-refractivity contribution in [3.05, 3.63) is 89.3 Å². The van der Waals surface area contributed by atoms with Crippen molar-refractivity contribution in [1.82, 2.24) is 20.3 Å². The average molecular weight is 400 g/mol. The average Bonchev–Trinajstić information content (AvgIpc) is 2.78. The number of nitrogens with one attached hydrogen (secondary N) is 1. The predicted octanol–water partition coefficient (Wildman–Crippen LogP) is 3.34. The number of methoxy groups -OCH3 is 1. The summed E-state index contributed by atoms with van der Waals surface area (Å²) in [4.78, 5) is 24.1. The van der Waals surface area contributed by atoms with Gasteiger partial charge in [0.15, 0.2) is 0 Å². The summed E-state index contributed by atoms with van der Waals surface area (Å²) in [6.45, 7) is 1.94. The number of hydrogen-bond donors (Lipinski definition) is 1. The Morgan fingerprint density at radius 2 is 1.63 bits per heavy atom. The summed E-state index contributed by atoms with van der Waals surface area (Å²) in [6, 6.07) is 12.0. The molecule has 1 unspecified atom stereocenters. The highest BCUT2D eigenvalue weighted by atomic mass is 16.5. The van der Waals surface area contributed by atoms with Crippen LogP contribution in [0.3, 0.4) is 0 Å². The number of hydrogen-bond acceptors (Lipinski definition) is 5. The second-order valence-electron chi connectivity index (χ2n) is 6.93. The lowest BCUT2D eigenvalue weighted by Crippen LogP contribution is -2.33. The molecule has 3 rings (SSSR count). The van der Waals surface area contributed by atoms with Gasteiger partial charge in [-0.1, -0.05) is 24.0 Å². The standard InChI is InChI=1S/C24H24N4O2/c1-18(28-24(29)30-2)15-21-6-3-19(4-7-21)5-8-22-16-26-23(27-17-22)10-9-20-11-13-25-14-12-20/h3-4,6-7,11-14,16-18H,9-10,15H2,1-2H3,(H,28,29). The fraction of sp³-hybridized carbons (Fsp3) is 0.250. The van der Waals surface area contributed by atoms with E-state index < -0.39 is 6.09 Å². The minimum Gasteiger partial charge on any atom is -0.453 e. The molecule has 0 saturated carbocycles. The largest absolute Gasteiger partial charge is 0.453 e. The Hall–Kier alpha value is -3.72. The summed E-state index contributed by atoms with van der Waals surface area (Å²) >= 11 is 0. The lowest BCUT2D eigenvalue weighted by atomic mass is 10.1. The quantitative estimate of drug-likeness (QED) is 0.642. The number of ether oxygens (including phenoxy) is 1. The van der Waals surface area contributed by atoms with Gasteiger partial charge in [-0.15, -0.1) is 0 Å².